The molecule has 1 fully saturated rings. The first-order valence-electron chi connectivity index (χ1n) is 9.68. The number of benzene rings is 1. The Morgan fingerprint density at radius 2 is 1.89 bits per heavy atom. The van der Waals surface area contributed by atoms with Crippen LogP contribution in [0.5, 0.6) is 0 Å². The van der Waals surface area contributed by atoms with Crippen LogP contribution in [0.15, 0.2) is 59.0 Å². The summed E-state index contributed by atoms with van der Waals surface area (Å²) >= 11 is 3.76. The number of rotatable bonds is 5. The van der Waals surface area contributed by atoms with Gasteiger partial charge in [0.25, 0.3) is 0 Å². The van der Waals surface area contributed by atoms with E-state index < -0.39 is 0 Å². The minimum absolute atomic E-state index is 0. The number of fused-ring (bicyclic) bond motifs is 4. The summed E-state index contributed by atoms with van der Waals surface area (Å²) in [5.74, 6) is 0. The van der Waals surface area contributed by atoms with E-state index >= 15 is 0 Å². The van der Waals surface area contributed by atoms with Crippen LogP contribution >= 0.6 is 35.5 Å². The summed E-state index contributed by atoms with van der Waals surface area (Å²) in [4.78, 5) is 5.17. The van der Waals surface area contributed by atoms with Gasteiger partial charge in [-0.15, -0.1) is 23.7 Å². The molecule has 146 valence electrons. The quantitative estimate of drug-likeness (QED) is 0.651. The Bertz CT molecular complexity index is 1070. The molecule has 0 radical (unpaired) electrons. The number of hydrogen-bond donors (Lipinski definition) is 0. The van der Waals surface area contributed by atoms with Crippen molar-refractivity contribution in [1.82, 2.24) is 4.90 Å². The Balaban J connectivity index is 0.00000192. The number of halogens is 1. The van der Waals surface area contributed by atoms with Gasteiger partial charge in [0.05, 0.1) is 13.2 Å². The van der Waals surface area contributed by atoms with Crippen molar-refractivity contribution in [2.24, 2.45) is 0 Å². The predicted molar refractivity (Wildman–Crippen MR) is 126 cm³/mol. The van der Waals surface area contributed by atoms with Crippen LogP contribution in [-0.2, 0) is 4.74 Å². The normalized spacial score (nSPS) is 18.6. The van der Waals surface area contributed by atoms with Crippen LogP contribution in [0.3, 0.4) is 0 Å². The van der Waals surface area contributed by atoms with E-state index in [-0.39, 0.29) is 12.4 Å². The average Bonchev–Trinajstić information content (AvgIpc) is 3.30. The number of thiophene rings is 1. The first-order valence-corrected chi connectivity index (χ1v) is 11.3. The topological polar surface area (TPSA) is 12.5 Å². The van der Waals surface area contributed by atoms with Gasteiger partial charge in [-0.2, -0.15) is 0 Å². The van der Waals surface area contributed by atoms with Crippen molar-refractivity contribution in [2.75, 3.05) is 32.8 Å². The summed E-state index contributed by atoms with van der Waals surface area (Å²) in [5.41, 5.74) is 1.30. The van der Waals surface area contributed by atoms with Crippen LogP contribution in [0.25, 0.3) is 21.1 Å². The number of likely N-dealkylation sites (tertiary alicyclic amines) is 1. The zero-order chi connectivity index (χ0) is 18.1. The molecule has 1 aromatic heterocycles. The van der Waals surface area contributed by atoms with Gasteiger partial charge in [0.1, 0.15) is 0 Å². The molecule has 2 nitrogen and oxygen atoms in total. The summed E-state index contributed by atoms with van der Waals surface area (Å²) in [6, 6.07) is 8.74. The molecule has 0 atom stereocenters. The Morgan fingerprint density at radius 3 is 2.79 bits per heavy atom. The second-order valence-electron chi connectivity index (χ2n) is 7.15. The molecule has 0 unspecified atom stereocenters. The highest BCUT2D eigenvalue weighted by atomic mass is 35.5. The standard InChI is InChI=1S/C23H23NOS2.ClH/c1-2-8-20-19(7-1)22-21(27-20)9-5-6-17-10-11-18(26-23(17)22)16-25-15-14-24-12-3-4-13-24;/h1-2,5-11H,3-4,12-16H2;1H. The molecule has 2 aliphatic heterocycles. The van der Waals surface area contributed by atoms with Gasteiger partial charge in [-0.05, 0) is 49.7 Å². The van der Waals surface area contributed by atoms with Crippen LogP contribution in [0.2, 0.25) is 0 Å². The smallest absolute Gasteiger partial charge is 0.0779 e. The molecule has 5 heteroatoms. The lowest BCUT2D eigenvalue weighted by Crippen LogP contribution is -2.24. The first-order chi connectivity index (χ1) is 13.4. The third-order valence-corrected chi connectivity index (χ3v) is 7.61. The molecular weight excluding hydrogens is 406 g/mol. The Morgan fingerprint density at radius 1 is 1.04 bits per heavy atom. The molecule has 5 rings (SSSR count). The maximum absolute atomic E-state index is 6.01. The fourth-order valence-corrected chi connectivity index (χ4v) is 6.22. The first kappa shape index (κ1) is 20.0. The molecule has 0 N–H and O–H groups in total. The van der Waals surface area contributed by atoms with Crippen molar-refractivity contribution in [2.45, 2.75) is 12.8 Å². The maximum Gasteiger partial charge on any atom is 0.0779 e. The van der Waals surface area contributed by atoms with Crippen LogP contribution in [0, 0.1) is 0 Å². The molecule has 1 aromatic carbocycles. The summed E-state index contributed by atoms with van der Waals surface area (Å²) in [6.45, 7) is 5.07. The van der Waals surface area contributed by atoms with Crippen LogP contribution in [-0.4, -0.2) is 37.7 Å². The fraction of sp³-hybridized carbons (Fsp3) is 0.304. The third-order valence-electron chi connectivity index (χ3n) is 5.31. The monoisotopic (exact) mass is 429 g/mol. The predicted octanol–water partition coefficient (Wildman–Crippen LogP) is 4.45. The number of allylic oxidation sites excluding steroid dienone is 4. The highest BCUT2D eigenvalue weighted by Crippen LogP contribution is 2.37. The number of thioether (sulfide) groups is 1. The number of nitrogens with zero attached hydrogens (tertiary/aromatic N) is 1. The highest BCUT2D eigenvalue weighted by Gasteiger charge is 2.17. The molecule has 0 spiro atoms. The second kappa shape index (κ2) is 9.02. The van der Waals surface area contributed by atoms with Gasteiger partial charge in [-0.1, -0.05) is 48.2 Å². The largest absolute Gasteiger partial charge is 0.375 e. The fourth-order valence-electron chi connectivity index (χ4n) is 3.91. The lowest BCUT2D eigenvalue weighted by molar-refractivity contribution is 0.132. The van der Waals surface area contributed by atoms with Gasteiger partial charge in [0, 0.05) is 36.2 Å². The summed E-state index contributed by atoms with van der Waals surface area (Å²) in [5, 5.41) is 2.75. The van der Waals surface area contributed by atoms with E-state index in [9.17, 15) is 0 Å². The van der Waals surface area contributed by atoms with E-state index in [1.807, 2.05) is 23.1 Å². The Kier molecular flexibility index (Phi) is 6.44. The average molecular weight is 430 g/mol. The number of ether oxygens (including phenoxy) is 1. The molecule has 1 aliphatic carbocycles. The van der Waals surface area contributed by atoms with Gasteiger partial charge in [-0.3, -0.25) is 0 Å². The van der Waals surface area contributed by atoms with Crippen LogP contribution in [0.4, 0.5) is 0 Å². The van der Waals surface area contributed by atoms with Gasteiger partial charge in [0.15, 0.2) is 0 Å². The summed E-state index contributed by atoms with van der Waals surface area (Å²) < 4.78 is 8.72. The van der Waals surface area contributed by atoms with Crippen LogP contribution < -0.4 is 9.75 Å². The van der Waals surface area contributed by atoms with Crippen molar-refractivity contribution < 1.29 is 4.74 Å². The van der Waals surface area contributed by atoms with Crippen LogP contribution in [0.1, 0.15) is 12.8 Å². The molecule has 3 aliphatic rings. The maximum atomic E-state index is 6.01. The molecule has 0 bridgehead atoms. The highest BCUT2D eigenvalue weighted by molar-refractivity contribution is 8.11. The van der Waals surface area contributed by atoms with Gasteiger partial charge in [0.2, 0.25) is 0 Å². The SMILES string of the molecule is C1=CC2=CC=C(COCCN3CCCC3)SC2=c2c(sc3ccccc23)=C1.Cl. The minimum atomic E-state index is 0. The van der Waals surface area contributed by atoms with E-state index in [1.165, 1.54) is 61.2 Å². The Labute approximate surface area is 180 Å². The summed E-state index contributed by atoms with van der Waals surface area (Å²) in [7, 11) is 0. The van der Waals surface area contributed by atoms with Crippen molar-refractivity contribution >= 4 is 56.6 Å². The molecular formula is C23H24ClNOS2. The summed E-state index contributed by atoms with van der Waals surface area (Å²) in [6.07, 6.45) is 13.8. The van der Waals surface area contributed by atoms with Gasteiger partial charge < -0.3 is 9.64 Å². The van der Waals surface area contributed by atoms with Crippen molar-refractivity contribution in [3.63, 3.8) is 0 Å². The molecule has 0 amide bonds. The lowest BCUT2D eigenvalue weighted by atomic mass is 10.1. The molecule has 3 heterocycles. The zero-order valence-electron chi connectivity index (χ0n) is 15.7. The van der Waals surface area contributed by atoms with E-state index in [1.54, 1.807) is 0 Å². The Hall–Kier alpha value is -1.30. The van der Waals surface area contributed by atoms with Gasteiger partial charge in [-0.25, -0.2) is 0 Å². The van der Waals surface area contributed by atoms with E-state index in [2.05, 4.69) is 59.5 Å². The minimum Gasteiger partial charge on any atom is -0.375 e. The van der Waals surface area contributed by atoms with E-state index in [0.29, 0.717) is 6.61 Å². The molecule has 0 saturated carbocycles. The third kappa shape index (κ3) is 4.03. The van der Waals surface area contributed by atoms with Gasteiger partial charge >= 0.3 is 0 Å². The lowest BCUT2D eigenvalue weighted by Gasteiger charge is -2.17. The number of hydrogen-bond acceptors (Lipinski definition) is 4. The van der Waals surface area contributed by atoms with E-state index in [4.69, 9.17) is 4.74 Å². The van der Waals surface area contributed by atoms with Crippen molar-refractivity contribution in [3.8, 4) is 0 Å². The molecule has 2 aromatic rings. The second-order valence-corrected chi connectivity index (χ2v) is 9.37. The zero-order valence-corrected chi connectivity index (χ0v) is 18.2. The molecule has 28 heavy (non-hydrogen) atoms. The van der Waals surface area contributed by atoms with Crippen molar-refractivity contribution in [1.29, 1.82) is 0 Å². The van der Waals surface area contributed by atoms with E-state index in [0.717, 1.165) is 13.2 Å². The molecule has 1 saturated heterocycles. The van der Waals surface area contributed by atoms with Crippen molar-refractivity contribution in [3.05, 3.63) is 68.8 Å².